The molecule has 1 atom stereocenters. The zero-order valence-electron chi connectivity index (χ0n) is 10.8. The summed E-state index contributed by atoms with van der Waals surface area (Å²) < 4.78 is 12.7. The Morgan fingerprint density at radius 1 is 1.22 bits per heavy atom. The molecule has 3 nitrogen and oxygen atoms in total. The summed E-state index contributed by atoms with van der Waals surface area (Å²) in [6.45, 7) is 4.76. The van der Waals surface area contributed by atoms with Gasteiger partial charge in [0.25, 0.3) is 0 Å². The lowest BCUT2D eigenvalue weighted by Crippen LogP contribution is -2.27. The molecule has 4 heteroatoms. The lowest BCUT2D eigenvalue weighted by Gasteiger charge is -2.21. The molecule has 0 saturated heterocycles. The lowest BCUT2D eigenvalue weighted by atomic mass is 10.1. The van der Waals surface area contributed by atoms with Gasteiger partial charge >= 0.3 is 0 Å². The largest absolute Gasteiger partial charge is 0.396 e. The van der Waals surface area contributed by atoms with Gasteiger partial charge in [0.1, 0.15) is 5.82 Å². The summed E-state index contributed by atoms with van der Waals surface area (Å²) >= 11 is 0. The molecule has 0 amide bonds. The van der Waals surface area contributed by atoms with E-state index in [-0.39, 0.29) is 12.4 Å². The van der Waals surface area contributed by atoms with Gasteiger partial charge in [-0.25, -0.2) is 4.39 Å². The van der Waals surface area contributed by atoms with E-state index in [4.69, 9.17) is 5.11 Å². The van der Waals surface area contributed by atoms with E-state index in [1.54, 1.807) is 12.1 Å². The van der Waals surface area contributed by atoms with Crippen LogP contribution in [0.2, 0.25) is 0 Å². The summed E-state index contributed by atoms with van der Waals surface area (Å²) in [7, 11) is 0. The SMILES string of the molecule is CCN(CCCO)CCC(O)c1ccc(F)cc1. The Kier molecular flexibility index (Phi) is 6.86. The number of hydrogen-bond donors (Lipinski definition) is 2. The molecule has 0 aliphatic carbocycles. The van der Waals surface area contributed by atoms with Crippen LogP contribution in [0.15, 0.2) is 24.3 Å². The maximum atomic E-state index is 12.7. The Hall–Kier alpha value is -0.970. The lowest BCUT2D eigenvalue weighted by molar-refractivity contribution is 0.140. The van der Waals surface area contributed by atoms with Crippen LogP contribution >= 0.6 is 0 Å². The summed E-state index contributed by atoms with van der Waals surface area (Å²) in [6.07, 6.45) is 0.805. The van der Waals surface area contributed by atoms with Crippen LogP contribution in [0.3, 0.4) is 0 Å². The number of aliphatic hydroxyl groups excluding tert-OH is 2. The van der Waals surface area contributed by atoms with E-state index < -0.39 is 6.10 Å². The molecular formula is C14H22FNO2. The average Bonchev–Trinajstić information content (AvgIpc) is 2.39. The number of rotatable bonds is 8. The summed E-state index contributed by atoms with van der Waals surface area (Å²) in [6, 6.07) is 5.96. The molecule has 0 radical (unpaired) electrons. The van der Waals surface area contributed by atoms with Crippen LogP contribution in [0.4, 0.5) is 4.39 Å². The first-order valence-corrected chi connectivity index (χ1v) is 6.44. The van der Waals surface area contributed by atoms with Crippen molar-refractivity contribution in [2.45, 2.75) is 25.9 Å². The second-order valence-electron chi connectivity index (χ2n) is 4.37. The Morgan fingerprint density at radius 2 is 1.89 bits per heavy atom. The fraction of sp³-hybridized carbons (Fsp3) is 0.571. The van der Waals surface area contributed by atoms with E-state index in [0.29, 0.717) is 6.42 Å². The number of nitrogens with zero attached hydrogens (tertiary/aromatic N) is 1. The van der Waals surface area contributed by atoms with Crippen molar-refractivity contribution in [2.24, 2.45) is 0 Å². The molecule has 0 fully saturated rings. The van der Waals surface area contributed by atoms with Crippen molar-refractivity contribution in [1.82, 2.24) is 4.90 Å². The molecule has 1 unspecified atom stereocenters. The molecule has 1 aromatic rings. The highest BCUT2D eigenvalue weighted by molar-refractivity contribution is 5.18. The van der Waals surface area contributed by atoms with Gasteiger partial charge in [0.15, 0.2) is 0 Å². The van der Waals surface area contributed by atoms with Gasteiger partial charge in [0, 0.05) is 19.7 Å². The van der Waals surface area contributed by atoms with E-state index in [1.807, 2.05) is 0 Å². The number of halogens is 1. The number of aliphatic hydroxyl groups is 2. The summed E-state index contributed by atoms with van der Waals surface area (Å²) in [4.78, 5) is 2.18. The third kappa shape index (κ3) is 5.12. The van der Waals surface area contributed by atoms with Crippen LogP contribution in [0.1, 0.15) is 31.4 Å². The molecule has 102 valence electrons. The highest BCUT2D eigenvalue weighted by Crippen LogP contribution is 2.17. The van der Waals surface area contributed by atoms with Crippen LogP contribution in [-0.4, -0.2) is 41.4 Å². The maximum absolute atomic E-state index is 12.7. The summed E-state index contributed by atoms with van der Waals surface area (Å²) in [5.41, 5.74) is 0.745. The van der Waals surface area contributed by atoms with Crippen molar-refractivity contribution in [1.29, 1.82) is 0 Å². The van der Waals surface area contributed by atoms with Gasteiger partial charge in [-0.1, -0.05) is 19.1 Å². The van der Waals surface area contributed by atoms with Crippen molar-refractivity contribution < 1.29 is 14.6 Å². The van der Waals surface area contributed by atoms with E-state index in [1.165, 1.54) is 12.1 Å². The minimum Gasteiger partial charge on any atom is -0.396 e. The Labute approximate surface area is 108 Å². The van der Waals surface area contributed by atoms with Crippen LogP contribution in [0.25, 0.3) is 0 Å². The molecule has 0 aliphatic rings. The summed E-state index contributed by atoms with van der Waals surface area (Å²) in [5.74, 6) is -0.288. The minimum absolute atomic E-state index is 0.191. The Balaban J connectivity index is 2.39. The van der Waals surface area contributed by atoms with Crippen molar-refractivity contribution in [3.63, 3.8) is 0 Å². The first-order valence-electron chi connectivity index (χ1n) is 6.44. The second-order valence-corrected chi connectivity index (χ2v) is 4.37. The fourth-order valence-corrected chi connectivity index (χ4v) is 1.88. The van der Waals surface area contributed by atoms with Crippen LogP contribution in [0.5, 0.6) is 0 Å². The zero-order valence-corrected chi connectivity index (χ0v) is 10.8. The molecule has 2 N–H and O–H groups in total. The molecular weight excluding hydrogens is 233 g/mol. The summed E-state index contributed by atoms with van der Waals surface area (Å²) in [5, 5.41) is 18.8. The molecule has 0 bridgehead atoms. The quantitative estimate of drug-likeness (QED) is 0.746. The van der Waals surface area contributed by atoms with Gasteiger partial charge in [-0.3, -0.25) is 0 Å². The normalized spacial score (nSPS) is 12.9. The highest BCUT2D eigenvalue weighted by Gasteiger charge is 2.10. The maximum Gasteiger partial charge on any atom is 0.123 e. The van der Waals surface area contributed by atoms with E-state index in [9.17, 15) is 9.50 Å². The third-order valence-electron chi connectivity index (χ3n) is 3.05. The zero-order chi connectivity index (χ0) is 13.4. The molecule has 0 aromatic heterocycles. The molecule has 0 spiro atoms. The van der Waals surface area contributed by atoms with Gasteiger partial charge in [0.05, 0.1) is 6.10 Å². The van der Waals surface area contributed by atoms with Gasteiger partial charge in [0.2, 0.25) is 0 Å². The minimum atomic E-state index is -0.561. The van der Waals surface area contributed by atoms with E-state index >= 15 is 0 Å². The van der Waals surface area contributed by atoms with Crippen molar-refractivity contribution in [3.05, 3.63) is 35.6 Å². The van der Waals surface area contributed by atoms with Crippen LogP contribution in [0, 0.1) is 5.82 Å². The average molecular weight is 255 g/mol. The topological polar surface area (TPSA) is 43.7 Å². The highest BCUT2D eigenvalue weighted by atomic mass is 19.1. The van der Waals surface area contributed by atoms with E-state index in [2.05, 4.69) is 11.8 Å². The molecule has 0 heterocycles. The first kappa shape index (κ1) is 15.1. The van der Waals surface area contributed by atoms with Crippen molar-refractivity contribution in [2.75, 3.05) is 26.2 Å². The van der Waals surface area contributed by atoms with Gasteiger partial charge in [-0.15, -0.1) is 0 Å². The van der Waals surface area contributed by atoms with Crippen LogP contribution in [-0.2, 0) is 0 Å². The second kappa shape index (κ2) is 8.19. The predicted molar refractivity (Wildman–Crippen MR) is 69.8 cm³/mol. The standard InChI is InChI=1S/C14H22FNO2/c1-2-16(9-3-11-17)10-8-14(18)12-4-6-13(15)7-5-12/h4-7,14,17-18H,2-3,8-11H2,1H3. The van der Waals surface area contributed by atoms with Gasteiger partial charge in [-0.2, -0.15) is 0 Å². The smallest absolute Gasteiger partial charge is 0.123 e. The Morgan fingerprint density at radius 3 is 2.44 bits per heavy atom. The number of benzene rings is 1. The first-order chi connectivity index (χ1) is 8.67. The molecule has 1 rings (SSSR count). The van der Waals surface area contributed by atoms with Crippen molar-refractivity contribution in [3.8, 4) is 0 Å². The van der Waals surface area contributed by atoms with Gasteiger partial charge < -0.3 is 15.1 Å². The van der Waals surface area contributed by atoms with Gasteiger partial charge in [-0.05, 0) is 37.1 Å². The van der Waals surface area contributed by atoms with Crippen molar-refractivity contribution >= 4 is 0 Å². The predicted octanol–water partition coefficient (Wildman–Crippen LogP) is 1.95. The third-order valence-corrected chi connectivity index (χ3v) is 3.05. The monoisotopic (exact) mass is 255 g/mol. The molecule has 18 heavy (non-hydrogen) atoms. The molecule has 0 saturated carbocycles. The van der Waals surface area contributed by atoms with Crippen LogP contribution < -0.4 is 0 Å². The molecule has 1 aromatic carbocycles. The fourth-order valence-electron chi connectivity index (χ4n) is 1.88. The number of hydrogen-bond acceptors (Lipinski definition) is 3. The van der Waals surface area contributed by atoms with E-state index in [0.717, 1.165) is 31.6 Å². The Bertz CT molecular complexity index is 329. The molecule has 0 aliphatic heterocycles.